The number of nitrogens with two attached hydrogens (primary N) is 1. The Kier molecular flexibility index (Phi) is 2.94. The number of aromatic nitrogens is 4. The van der Waals surface area contributed by atoms with E-state index in [2.05, 4.69) is 15.1 Å². The Morgan fingerprint density at radius 2 is 2.16 bits per heavy atom. The van der Waals surface area contributed by atoms with Gasteiger partial charge in [0, 0.05) is 31.7 Å². The zero-order valence-electron chi connectivity index (χ0n) is 10.5. The molecular weight excluding hydrogens is 244 g/mol. The Morgan fingerprint density at radius 1 is 1.37 bits per heavy atom. The van der Waals surface area contributed by atoms with E-state index >= 15 is 0 Å². The zero-order chi connectivity index (χ0) is 13.2. The summed E-state index contributed by atoms with van der Waals surface area (Å²) in [6, 6.07) is 2.15. The molecule has 7 heteroatoms. The Balaban J connectivity index is 1.70. The first kappa shape index (κ1) is 11.8. The number of nitrogens with zero attached hydrogens (tertiary/aromatic N) is 4. The number of hydrogen-bond donors (Lipinski definition) is 2. The van der Waals surface area contributed by atoms with E-state index < -0.39 is 0 Å². The van der Waals surface area contributed by atoms with Gasteiger partial charge in [0.15, 0.2) is 5.82 Å². The number of H-pyrrole nitrogens is 1. The minimum Gasteiger partial charge on any atom is -0.382 e. The minimum atomic E-state index is -0.135. The molecule has 3 N–H and O–H groups in total. The summed E-state index contributed by atoms with van der Waals surface area (Å²) in [5, 5.41) is 4.24. The minimum absolute atomic E-state index is 0.135. The van der Waals surface area contributed by atoms with Gasteiger partial charge in [-0.05, 0) is 18.9 Å². The van der Waals surface area contributed by atoms with Crippen molar-refractivity contribution in [2.75, 3.05) is 23.7 Å². The van der Waals surface area contributed by atoms with Crippen LogP contribution in [0.25, 0.3) is 0 Å². The van der Waals surface area contributed by atoms with Crippen LogP contribution in [0.2, 0.25) is 0 Å². The van der Waals surface area contributed by atoms with E-state index in [0.717, 1.165) is 25.9 Å². The standard InChI is InChI=1S/C12H16N6O/c13-10-3-8-18(16-10)9-1-6-17(7-2-9)11-12(19)15-5-4-14-11/h3-5,8-9H,1-2,6-7H2,(H2,13,16)(H,15,19). The molecule has 1 fully saturated rings. The molecule has 0 spiro atoms. The molecule has 19 heavy (non-hydrogen) atoms. The first-order valence-electron chi connectivity index (χ1n) is 6.33. The van der Waals surface area contributed by atoms with Gasteiger partial charge in [-0.1, -0.05) is 0 Å². The second-order valence-electron chi connectivity index (χ2n) is 4.68. The van der Waals surface area contributed by atoms with Crippen LogP contribution in [0, 0.1) is 0 Å². The van der Waals surface area contributed by atoms with Crippen molar-refractivity contribution in [2.45, 2.75) is 18.9 Å². The lowest BCUT2D eigenvalue weighted by Crippen LogP contribution is -2.38. The number of anilines is 2. The predicted molar refractivity (Wildman–Crippen MR) is 72.0 cm³/mol. The fraction of sp³-hybridized carbons (Fsp3) is 0.417. The maximum atomic E-state index is 11.7. The predicted octanol–water partition coefficient (Wildman–Crippen LogP) is 0.390. The molecule has 0 atom stereocenters. The van der Waals surface area contributed by atoms with Gasteiger partial charge in [0.1, 0.15) is 5.82 Å². The number of rotatable bonds is 2. The summed E-state index contributed by atoms with van der Waals surface area (Å²) in [6.07, 6.45) is 6.92. The lowest BCUT2D eigenvalue weighted by molar-refractivity contribution is 0.366. The van der Waals surface area contributed by atoms with Crippen LogP contribution in [-0.4, -0.2) is 32.8 Å². The molecule has 0 unspecified atom stereocenters. The van der Waals surface area contributed by atoms with Crippen molar-refractivity contribution in [3.05, 3.63) is 35.0 Å². The number of hydrogen-bond acceptors (Lipinski definition) is 5. The van der Waals surface area contributed by atoms with E-state index in [0.29, 0.717) is 17.7 Å². The highest BCUT2D eigenvalue weighted by molar-refractivity contribution is 5.35. The molecule has 0 saturated carbocycles. The summed E-state index contributed by atoms with van der Waals surface area (Å²) >= 11 is 0. The van der Waals surface area contributed by atoms with Crippen molar-refractivity contribution in [1.29, 1.82) is 0 Å². The number of nitrogen functional groups attached to an aromatic ring is 1. The summed E-state index contributed by atoms with van der Waals surface area (Å²) in [6.45, 7) is 1.59. The second-order valence-corrected chi connectivity index (χ2v) is 4.68. The average Bonchev–Trinajstić information content (AvgIpc) is 2.86. The lowest BCUT2D eigenvalue weighted by Gasteiger charge is -2.32. The van der Waals surface area contributed by atoms with Crippen LogP contribution in [0.15, 0.2) is 29.5 Å². The molecule has 0 radical (unpaired) electrons. The molecule has 1 saturated heterocycles. The summed E-state index contributed by atoms with van der Waals surface area (Å²) in [7, 11) is 0. The fourth-order valence-electron chi connectivity index (χ4n) is 2.47. The average molecular weight is 260 g/mol. The molecule has 0 amide bonds. The molecule has 1 aliphatic rings. The summed E-state index contributed by atoms with van der Waals surface area (Å²) < 4.78 is 1.91. The zero-order valence-corrected chi connectivity index (χ0v) is 10.5. The Morgan fingerprint density at radius 3 is 2.79 bits per heavy atom. The van der Waals surface area contributed by atoms with Gasteiger partial charge in [0.2, 0.25) is 0 Å². The fourth-order valence-corrected chi connectivity index (χ4v) is 2.47. The van der Waals surface area contributed by atoms with Crippen LogP contribution in [0.5, 0.6) is 0 Å². The highest BCUT2D eigenvalue weighted by Gasteiger charge is 2.23. The Hall–Kier alpha value is -2.31. The van der Waals surface area contributed by atoms with Crippen molar-refractivity contribution in [3.63, 3.8) is 0 Å². The van der Waals surface area contributed by atoms with Crippen LogP contribution in [-0.2, 0) is 0 Å². The maximum Gasteiger partial charge on any atom is 0.290 e. The smallest absolute Gasteiger partial charge is 0.290 e. The van der Waals surface area contributed by atoms with Gasteiger partial charge >= 0.3 is 0 Å². The summed E-state index contributed by atoms with van der Waals surface area (Å²) in [5.41, 5.74) is 5.49. The molecule has 0 aliphatic carbocycles. The Labute approximate surface area is 110 Å². The number of piperidine rings is 1. The van der Waals surface area contributed by atoms with Gasteiger partial charge in [-0.25, -0.2) is 4.98 Å². The molecule has 3 rings (SSSR count). The van der Waals surface area contributed by atoms with Crippen molar-refractivity contribution in [2.24, 2.45) is 0 Å². The van der Waals surface area contributed by atoms with Crippen LogP contribution in [0.3, 0.4) is 0 Å². The highest BCUT2D eigenvalue weighted by Crippen LogP contribution is 2.23. The lowest BCUT2D eigenvalue weighted by atomic mass is 10.1. The summed E-state index contributed by atoms with van der Waals surface area (Å²) in [5.74, 6) is 1.05. The Bertz CT molecular complexity index is 610. The van der Waals surface area contributed by atoms with Crippen LogP contribution < -0.4 is 16.2 Å². The van der Waals surface area contributed by atoms with Gasteiger partial charge in [-0.3, -0.25) is 9.48 Å². The molecule has 7 nitrogen and oxygen atoms in total. The topological polar surface area (TPSA) is 92.8 Å². The normalized spacial score (nSPS) is 16.7. The largest absolute Gasteiger partial charge is 0.382 e. The monoisotopic (exact) mass is 260 g/mol. The summed E-state index contributed by atoms with van der Waals surface area (Å²) in [4.78, 5) is 20.5. The van der Waals surface area contributed by atoms with Gasteiger partial charge in [0.05, 0.1) is 6.04 Å². The number of nitrogens with one attached hydrogen (secondary N) is 1. The van der Waals surface area contributed by atoms with Crippen molar-refractivity contribution in [3.8, 4) is 0 Å². The molecule has 2 aromatic heterocycles. The number of aromatic amines is 1. The molecule has 0 aromatic carbocycles. The first-order chi connectivity index (χ1) is 9.24. The van der Waals surface area contributed by atoms with E-state index in [1.165, 1.54) is 0 Å². The van der Waals surface area contributed by atoms with Crippen LogP contribution >= 0.6 is 0 Å². The van der Waals surface area contributed by atoms with E-state index in [9.17, 15) is 4.79 Å². The molecular formula is C12H16N6O. The van der Waals surface area contributed by atoms with E-state index in [-0.39, 0.29) is 5.56 Å². The SMILES string of the molecule is Nc1ccn(C2CCN(c3ncc[nH]c3=O)CC2)n1. The van der Waals surface area contributed by atoms with Crippen molar-refractivity contribution >= 4 is 11.6 Å². The molecule has 2 aromatic rings. The van der Waals surface area contributed by atoms with E-state index in [4.69, 9.17) is 5.73 Å². The highest BCUT2D eigenvalue weighted by atomic mass is 16.1. The molecule has 100 valence electrons. The first-order valence-corrected chi connectivity index (χ1v) is 6.33. The van der Waals surface area contributed by atoms with E-state index in [1.807, 2.05) is 15.8 Å². The van der Waals surface area contributed by atoms with Crippen LogP contribution in [0.4, 0.5) is 11.6 Å². The molecule has 1 aliphatic heterocycles. The third kappa shape index (κ3) is 2.31. The van der Waals surface area contributed by atoms with Crippen molar-refractivity contribution in [1.82, 2.24) is 19.7 Å². The van der Waals surface area contributed by atoms with Gasteiger partial charge in [0.25, 0.3) is 5.56 Å². The van der Waals surface area contributed by atoms with E-state index in [1.54, 1.807) is 18.5 Å². The second kappa shape index (κ2) is 4.75. The van der Waals surface area contributed by atoms with Crippen molar-refractivity contribution < 1.29 is 0 Å². The molecule has 3 heterocycles. The van der Waals surface area contributed by atoms with Crippen LogP contribution in [0.1, 0.15) is 18.9 Å². The quantitative estimate of drug-likeness (QED) is 0.814. The molecule has 0 bridgehead atoms. The maximum absolute atomic E-state index is 11.7. The third-order valence-corrected chi connectivity index (χ3v) is 3.46. The van der Waals surface area contributed by atoms with Gasteiger partial charge < -0.3 is 15.6 Å². The van der Waals surface area contributed by atoms with Gasteiger partial charge in [-0.2, -0.15) is 5.10 Å². The third-order valence-electron chi connectivity index (χ3n) is 3.46. The van der Waals surface area contributed by atoms with Gasteiger partial charge in [-0.15, -0.1) is 0 Å².